The van der Waals surface area contributed by atoms with Gasteiger partial charge in [-0.25, -0.2) is 18.0 Å². The summed E-state index contributed by atoms with van der Waals surface area (Å²) in [4.78, 5) is 40.5. The number of nitrogens with zero attached hydrogens (tertiary/aromatic N) is 2. The lowest BCUT2D eigenvalue weighted by molar-refractivity contribution is -0.155. The second-order valence-electron chi connectivity index (χ2n) is 9.27. The minimum atomic E-state index is -3.76. The van der Waals surface area contributed by atoms with E-state index >= 15 is 0 Å². The van der Waals surface area contributed by atoms with Gasteiger partial charge in [0.15, 0.2) is 9.84 Å². The van der Waals surface area contributed by atoms with Gasteiger partial charge in [-0.1, -0.05) is 23.7 Å². The van der Waals surface area contributed by atoms with Gasteiger partial charge in [-0.15, -0.1) is 0 Å². The van der Waals surface area contributed by atoms with Crippen LogP contribution < -0.4 is 0 Å². The van der Waals surface area contributed by atoms with Gasteiger partial charge < -0.3 is 19.3 Å². The summed E-state index contributed by atoms with van der Waals surface area (Å²) in [6, 6.07) is 8.78. The molecule has 11 heteroatoms. The molecule has 0 aliphatic carbocycles. The molecule has 1 aliphatic heterocycles. The summed E-state index contributed by atoms with van der Waals surface area (Å²) in [5, 5.41) is 2.06. The molecule has 1 aliphatic rings. The number of carbonyl (C=O) groups excluding carboxylic acids is 3. The van der Waals surface area contributed by atoms with E-state index in [2.05, 4.69) is 0 Å². The zero-order valence-corrected chi connectivity index (χ0v) is 21.7. The Balaban J connectivity index is 1.70. The average Bonchev–Trinajstić information content (AvgIpc) is 2.80. The number of esters is 1. The summed E-state index contributed by atoms with van der Waals surface area (Å²) in [7, 11) is -2.58. The van der Waals surface area contributed by atoms with E-state index in [9.17, 15) is 22.8 Å². The summed E-state index contributed by atoms with van der Waals surface area (Å²) < 4.78 is 36.0. The van der Waals surface area contributed by atoms with E-state index in [1.807, 2.05) is 0 Å². The minimum Gasteiger partial charge on any atom is -0.467 e. The normalized spacial score (nSPS) is 16.8. The lowest BCUT2D eigenvalue weighted by Gasteiger charge is -2.40. The fourth-order valence-electron chi connectivity index (χ4n) is 3.78. The number of hydrogen-bond acceptors (Lipinski definition) is 7. The average molecular weight is 525 g/mol. The third kappa shape index (κ3) is 6.64. The van der Waals surface area contributed by atoms with Crippen LogP contribution in [0.25, 0.3) is 10.8 Å². The van der Waals surface area contributed by atoms with E-state index in [0.717, 1.165) is 5.39 Å². The van der Waals surface area contributed by atoms with Gasteiger partial charge in [-0.2, -0.15) is 0 Å². The maximum atomic E-state index is 13.0. The summed E-state index contributed by atoms with van der Waals surface area (Å²) in [6.07, 6.45) is -0.917. The number of hydrogen-bond donors (Lipinski definition) is 0. The van der Waals surface area contributed by atoms with Crippen molar-refractivity contribution in [2.75, 3.05) is 32.5 Å². The van der Waals surface area contributed by atoms with E-state index in [-0.39, 0.29) is 31.0 Å². The lowest BCUT2D eigenvalue weighted by atomic mass is 10.1. The molecule has 2 amide bonds. The van der Waals surface area contributed by atoms with Crippen LogP contribution in [0.4, 0.5) is 4.79 Å². The molecule has 2 aromatic rings. The highest BCUT2D eigenvalue weighted by molar-refractivity contribution is 7.91. The minimum absolute atomic E-state index is 0.0502. The summed E-state index contributed by atoms with van der Waals surface area (Å²) >= 11 is 5.98. The number of carbonyl (C=O) groups is 3. The molecule has 0 radical (unpaired) electrons. The van der Waals surface area contributed by atoms with Gasteiger partial charge in [-0.05, 0) is 55.8 Å². The molecular formula is C24H29ClN2O7S. The van der Waals surface area contributed by atoms with E-state index in [4.69, 9.17) is 21.1 Å². The van der Waals surface area contributed by atoms with E-state index in [1.54, 1.807) is 51.1 Å². The molecule has 1 saturated heterocycles. The molecule has 35 heavy (non-hydrogen) atoms. The first-order valence-corrected chi connectivity index (χ1v) is 13.1. The number of amides is 2. The van der Waals surface area contributed by atoms with Crippen LogP contribution in [0.5, 0.6) is 0 Å². The smallest absolute Gasteiger partial charge is 0.410 e. The van der Waals surface area contributed by atoms with Crippen molar-refractivity contribution in [1.82, 2.24) is 9.80 Å². The number of methoxy groups -OCH3 is 1. The number of benzene rings is 2. The number of fused-ring (bicyclic) bond motifs is 1. The third-order valence-electron chi connectivity index (χ3n) is 5.54. The van der Waals surface area contributed by atoms with Crippen LogP contribution in [0.3, 0.4) is 0 Å². The van der Waals surface area contributed by atoms with Gasteiger partial charge in [0.05, 0.1) is 24.3 Å². The molecule has 1 heterocycles. The van der Waals surface area contributed by atoms with E-state index in [1.165, 1.54) is 23.0 Å². The predicted octanol–water partition coefficient (Wildman–Crippen LogP) is 3.28. The fraction of sp³-hybridized carbons (Fsp3) is 0.458. The number of sulfone groups is 1. The third-order valence-corrected chi connectivity index (χ3v) is 7.49. The zero-order chi connectivity index (χ0) is 26.0. The molecule has 0 saturated carbocycles. The molecule has 1 atom stereocenters. The number of piperazine rings is 1. The van der Waals surface area contributed by atoms with Gasteiger partial charge in [-0.3, -0.25) is 4.79 Å². The lowest BCUT2D eigenvalue weighted by Crippen LogP contribution is -2.60. The number of rotatable bonds is 5. The van der Waals surface area contributed by atoms with Gasteiger partial charge in [0.2, 0.25) is 5.91 Å². The van der Waals surface area contributed by atoms with Crippen LogP contribution >= 0.6 is 11.6 Å². The molecule has 0 aromatic heterocycles. The molecular weight excluding hydrogens is 496 g/mol. The largest absolute Gasteiger partial charge is 0.467 e. The first kappa shape index (κ1) is 26.7. The van der Waals surface area contributed by atoms with Crippen LogP contribution in [0.15, 0.2) is 41.3 Å². The Morgan fingerprint density at radius 1 is 1.06 bits per heavy atom. The first-order valence-electron chi connectivity index (χ1n) is 11.1. The number of ether oxygens (including phenoxy) is 2. The molecule has 2 aromatic carbocycles. The van der Waals surface area contributed by atoms with Crippen LogP contribution in [-0.2, 0) is 28.9 Å². The fourth-order valence-corrected chi connectivity index (χ4v) is 5.22. The predicted molar refractivity (Wildman–Crippen MR) is 131 cm³/mol. The molecule has 9 nitrogen and oxygen atoms in total. The van der Waals surface area contributed by atoms with Crippen molar-refractivity contribution in [3.05, 3.63) is 41.4 Å². The Labute approximate surface area is 209 Å². The van der Waals surface area contributed by atoms with E-state index in [0.29, 0.717) is 10.4 Å². The second kappa shape index (κ2) is 10.4. The van der Waals surface area contributed by atoms with Gasteiger partial charge in [0, 0.05) is 24.5 Å². The second-order valence-corrected chi connectivity index (χ2v) is 11.8. The molecule has 1 unspecified atom stereocenters. The summed E-state index contributed by atoms with van der Waals surface area (Å²) in [6.45, 7) is 5.28. The van der Waals surface area contributed by atoms with E-state index < -0.39 is 45.2 Å². The Morgan fingerprint density at radius 3 is 2.37 bits per heavy atom. The van der Waals surface area contributed by atoms with Crippen molar-refractivity contribution >= 4 is 50.2 Å². The van der Waals surface area contributed by atoms with Crippen LogP contribution in [-0.4, -0.2) is 80.3 Å². The summed E-state index contributed by atoms with van der Waals surface area (Å²) in [5.74, 6) is -1.63. The highest BCUT2D eigenvalue weighted by Gasteiger charge is 2.39. The Kier molecular flexibility index (Phi) is 7.96. The van der Waals surface area contributed by atoms with Crippen molar-refractivity contribution in [3.63, 3.8) is 0 Å². The highest BCUT2D eigenvalue weighted by atomic mass is 35.5. The topological polar surface area (TPSA) is 110 Å². The monoisotopic (exact) mass is 524 g/mol. The van der Waals surface area contributed by atoms with Crippen molar-refractivity contribution in [1.29, 1.82) is 0 Å². The van der Waals surface area contributed by atoms with Gasteiger partial charge in [0.25, 0.3) is 0 Å². The zero-order valence-electron chi connectivity index (χ0n) is 20.1. The first-order chi connectivity index (χ1) is 16.3. The maximum absolute atomic E-state index is 13.0. The van der Waals surface area contributed by atoms with Gasteiger partial charge >= 0.3 is 12.1 Å². The molecule has 190 valence electrons. The van der Waals surface area contributed by atoms with Crippen molar-refractivity contribution < 1.29 is 32.3 Å². The van der Waals surface area contributed by atoms with Gasteiger partial charge in [0.1, 0.15) is 11.6 Å². The van der Waals surface area contributed by atoms with Crippen molar-refractivity contribution in [2.45, 2.75) is 43.7 Å². The van der Waals surface area contributed by atoms with Crippen molar-refractivity contribution in [2.24, 2.45) is 0 Å². The number of halogens is 1. The Hall–Kier alpha value is -2.85. The molecule has 0 spiro atoms. The van der Waals surface area contributed by atoms with Crippen LogP contribution in [0, 0.1) is 0 Å². The Bertz CT molecular complexity index is 1240. The molecule has 1 fully saturated rings. The molecule has 0 N–H and O–H groups in total. The van der Waals surface area contributed by atoms with Crippen LogP contribution in [0.2, 0.25) is 5.02 Å². The highest BCUT2D eigenvalue weighted by Crippen LogP contribution is 2.24. The Morgan fingerprint density at radius 2 is 1.71 bits per heavy atom. The quantitative estimate of drug-likeness (QED) is 0.552. The van der Waals surface area contributed by atoms with Crippen LogP contribution in [0.1, 0.15) is 27.2 Å². The standard InChI is InChI=1S/C24H29ClN2O7S/c1-24(2,3)34-23(30)26-10-11-27(20(15-26)22(29)33-4)21(28)9-12-35(31,32)19-8-6-16-13-18(25)7-5-17(16)14-19/h5-8,13-14,20H,9-12,15H2,1-4H3. The van der Waals surface area contributed by atoms with Crippen molar-refractivity contribution in [3.8, 4) is 0 Å². The summed E-state index contributed by atoms with van der Waals surface area (Å²) in [5.41, 5.74) is -0.714. The molecule has 3 rings (SSSR count). The SMILES string of the molecule is COC(=O)C1CN(C(=O)OC(C)(C)C)CCN1C(=O)CCS(=O)(=O)c1ccc2cc(Cl)ccc2c1. The maximum Gasteiger partial charge on any atom is 0.410 e. The molecule has 0 bridgehead atoms.